The molecule has 1 saturated carbocycles. The van der Waals surface area contributed by atoms with Crippen LogP contribution in [0, 0.1) is 5.92 Å². The van der Waals surface area contributed by atoms with Crippen LogP contribution in [-0.2, 0) is 0 Å². The second-order valence-corrected chi connectivity index (χ2v) is 5.48. The van der Waals surface area contributed by atoms with Crippen LogP contribution in [0.4, 0.5) is 11.4 Å². The zero-order valence-electron chi connectivity index (χ0n) is 11.5. The molecule has 100 valence electrons. The molecule has 1 heterocycles. The van der Waals surface area contributed by atoms with Crippen LogP contribution >= 0.6 is 0 Å². The third-order valence-electron chi connectivity index (χ3n) is 3.84. The SMILES string of the molecule is CCCN(CC1CC1)c1ccc(N)c2cnccc12. The molecule has 0 saturated heterocycles. The van der Waals surface area contributed by atoms with Crippen LogP contribution in [0.2, 0.25) is 0 Å². The van der Waals surface area contributed by atoms with Crippen molar-refractivity contribution in [3.63, 3.8) is 0 Å². The fourth-order valence-electron chi connectivity index (χ4n) is 2.66. The van der Waals surface area contributed by atoms with E-state index < -0.39 is 0 Å². The van der Waals surface area contributed by atoms with Crippen LogP contribution < -0.4 is 10.6 Å². The maximum atomic E-state index is 6.05. The van der Waals surface area contributed by atoms with Gasteiger partial charge in [0.1, 0.15) is 0 Å². The van der Waals surface area contributed by atoms with Gasteiger partial charge in [-0.1, -0.05) is 6.92 Å². The van der Waals surface area contributed by atoms with E-state index in [0.29, 0.717) is 0 Å². The number of nitrogen functional groups attached to an aromatic ring is 1. The number of benzene rings is 1. The lowest BCUT2D eigenvalue weighted by Gasteiger charge is -2.26. The number of nitrogens with two attached hydrogens (primary N) is 1. The predicted octanol–water partition coefficient (Wildman–Crippen LogP) is 3.44. The molecule has 3 heteroatoms. The first kappa shape index (κ1) is 12.3. The maximum Gasteiger partial charge on any atom is 0.0448 e. The van der Waals surface area contributed by atoms with Gasteiger partial charge in [-0.2, -0.15) is 0 Å². The number of anilines is 2. The van der Waals surface area contributed by atoms with Crippen molar-refractivity contribution in [2.45, 2.75) is 26.2 Å². The number of aromatic nitrogens is 1. The Hall–Kier alpha value is -1.77. The highest BCUT2D eigenvalue weighted by molar-refractivity contribution is 6.00. The summed E-state index contributed by atoms with van der Waals surface area (Å²) >= 11 is 0. The van der Waals surface area contributed by atoms with Crippen LogP contribution in [0.1, 0.15) is 26.2 Å². The quantitative estimate of drug-likeness (QED) is 0.832. The van der Waals surface area contributed by atoms with Crippen molar-refractivity contribution < 1.29 is 0 Å². The highest BCUT2D eigenvalue weighted by atomic mass is 15.1. The van der Waals surface area contributed by atoms with Gasteiger partial charge < -0.3 is 10.6 Å². The fourth-order valence-corrected chi connectivity index (χ4v) is 2.66. The Morgan fingerprint density at radius 3 is 2.84 bits per heavy atom. The molecule has 0 aliphatic heterocycles. The molecule has 2 N–H and O–H groups in total. The number of rotatable bonds is 5. The number of pyridine rings is 1. The molecule has 3 nitrogen and oxygen atoms in total. The Kier molecular flexibility index (Phi) is 3.28. The molecule has 19 heavy (non-hydrogen) atoms. The lowest BCUT2D eigenvalue weighted by molar-refractivity contribution is 0.710. The van der Waals surface area contributed by atoms with Gasteiger partial charge in [-0.3, -0.25) is 4.98 Å². The van der Waals surface area contributed by atoms with Crippen LogP contribution in [0.25, 0.3) is 10.8 Å². The minimum atomic E-state index is 0.815. The van der Waals surface area contributed by atoms with Gasteiger partial charge in [0.05, 0.1) is 0 Å². The molecule has 1 aromatic carbocycles. The molecule has 0 bridgehead atoms. The van der Waals surface area contributed by atoms with Crippen molar-refractivity contribution in [1.29, 1.82) is 0 Å². The molecule has 0 unspecified atom stereocenters. The first-order chi connectivity index (χ1) is 9.29. The summed E-state index contributed by atoms with van der Waals surface area (Å²) in [5.41, 5.74) is 8.17. The van der Waals surface area contributed by atoms with Crippen LogP contribution in [0.3, 0.4) is 0 Å². The van der Waals surface area contributed by atoms with Crippen molar-refractivity contribution in [2.75, 3.05) is 23.7 Å². The Morgan fingerprint density at radius 1 is 1.26 bits per heavy atom. The van der Waals surface area contributed by atoms with E-state index in [0.717, 1.165) is 23.5 Å². The van der Waals surface area contributed by atoms with Crippen molar-refractivity contribution in [3.05, 3.63) is 30.6 Å². The summed E-state index contributed by atoms with van der Waals surface area (Å²) in [7, 11) is 0. The normalized spacial score (nSPS) is 14.8. The number of hydrogen-bond acceptors (Lipinski definition) is 3. The summed E-state index contributed by atoms with van der Waals surface area (Å²) in [6.45, 7) is 4.52. The van der Waals surface area contributed by atoms with Gasteiger partial charge in [0, 0.05) is 47.6 Å². The topological polar surface area (TPSA) is 42.1 Å². The van der Waals surface area contributed by atoms with Gasteiger partial charge in [0.25, 0.3) is 0 Å². The monoisotopic (exact) mass is 255 g/mol. The molecule has 0 radical (unpaired) electrons. The summed E-state index contributed by atoms with van der Waals surface area (Å²) in [5, 5.41) is 2.29. The molecular weight excluding hydrogens is 234 g/mol. The van der Waals surface area contributed by atoms with Crippen LogP contribution in [-0.4, -0.2) is 18.1 Å². The molecule has 1 aliphatic carbocycles. The zero-order valence-corrected chi connectivity index (χ0v) is 11.5. The molecule has 1 fully saturated rings. The smallest absolute Gasteiger partial charge is 0.0448 e. The van der Waals surface area contributed by atoms with Gasteiger partial charge in [0.2, 0.25) is 0 Å². The van der Waals surface area contributed by atoms with E-state index in [1.165, 1.54) is 36.9 Å². The van der Waals surface area contributed by atoms with Gasteiger partial charge in [-0.15, -0.1) is 0 Å². The van der Waals surface area contributed by atoms with Gasteiger partial charge in [-0.05, 0) is 43.4 Å². The van der Waals surface area contributed by atoms with E-state index in [9.17, 15) is 0 Å². The first-order valence-corrected chi connectivity index (χ1v) is 7.16. The van der Waals surface area contributed by atoms with E-state index >= 15 is 0 Å². The van der Waals surface area contributed by atoms with E-state index in [4.69, 9.17) is 5.73 Å². The minimum absolute atomic E-state index is 0.815. The van der Waals surface area contributed by atoms with Crippen molar-refractivity contribution in [1.82, 2.24) is 4.98 Å². The Labute approximate surface area is 114 Å². The summed E-state index contributed by atoms with van der Waals surface area (Å²) in [6.07, 6.45) is 7.66. The van der Waals surface area contributed by atoms with Crippen molar-refractivity contribution >= 4 is 22.1 Å². The lowest BCUT2D eigenvalue weighted by atomic mass is 10.1. The molecular formula is C16H21N3. The van der Waals surface area contributed by atoms with Crippen molar-refractivity contribution in [3.8, 4) is 0 Å². The van der Waals surface area contributed by atoms with Gasteiger partial charge in [-0.25, -0.2) is 0 Å². The zero-order chi connectivity index (χ0) is 13.2. The Bertz CT molecular complexity index is 575. The summed E-state index contributed by atoms with van der Waals surface area (Å²) in [5.74, 6) is 0.890. The predicted molar refractivity (Wildman–Crippen MR) is 81.4 cm³/mol. The fraction of sp³-hybridized carbons (Fsp3) is 0.438. The van der Waals surface area contributed by atoms with E-state index in [2.05, 4.69) is 28.9 Å². The Balaban J connectivity index is 2.03. The molecule has 0 spiro atoms. The number of nitrogens with zero attached hydrogens (tertiary/aromatic N) is 2. The summed E-state index contributed by atoms with van der Waals surface area (Å²) < 4.78 is 0. The van der Waals surface area contributed by atoms with E-state index in [1.54, 1.807) is 0 Å². The average molecular weight is 255 g/mol. The first-order valence-electron chi connectivity index (χ1n) is 7.16. The standard InChI is InChI=1S/C16H21N3/c1-2-9-19(11-12-3-4-12)16-6-5-15(17)14-10-18-8-7-13(14)16/h5-8,10,12H,2-4,9,11,17H2,1H3. The highest BCUT2D eigenvalue weighted by Crippen LogP contribution is 2.35. The van der Waals surface area contributed by atoms with Crippen molar-refractivity contribution in [2.24, 2.45) is 5.92 Å². The van der Waals surface area contributed by atoms with Crippen LogP contribution in [0.15, 0.2) is 30.6 Å². The molecule has 0 amide bonds. The average Bonchev–Trinajstić information content (AvgIpc) is 3.23. The second-order valence-electron chi connectivity index (χ2n) is 5.48. The van der Waals surface area contributed by atoms with E-state index in [-0.39, 0.29) is 0 Å². The Morgan fingerprint density at radius 2 is 2.11 bits per heavy atom. The summed E-state index contributed by atoms with van der Waals surface area (Å²) in [6, 6.07) is 6.25. The molecule has 1 aromatic heterocycles. The molecule has 0 atom stereocenters. The molecule has 1 aliphatic rings. The molecule has 2 aromatic rings. The largest absolute Gasteiger partial charge is 0.398 e. The number of hydrogen-bond donors (Lipinski definition) is 1. The third-order valence-corrected chi connectivity index (χ3v) is 3.84. The third kappa shape index (κ3) is 2.50. The highest BCUT2D eigenvalue weighted by Gasteiger charge is 2.24. The van der Waals surface area contributed by atoms with Gasteiger partial charge >= 0.3 is 0 Å². The van der Waals surface area contributed by atoms with Crippen LogP contribution in [0.5, 0.6) is 0 Å². The van der Waals surface area contributed by atoms with Gasteiger partial charge in [0.15, 0.2) is 0 Å². The minimum Gasteiger partial charge on any atom is -0.398 e. The van der Waals surface area contributed by atoms with E-state index in [1.807, 2.05) is 18.5 Å². The lowest BCUT2D eigenvalue weighted by Crippen LogP contribution is -2.26. The number of fused-ring (bicyclic) bond motifs is 1. The second kappa shape index (κ2) is 5.08. The maximum absolute atomic E-state index is 6.05. The summed E-state index contributed by atoms with van der Waals surface area (Å²) in [4.78, 5) is 6.71. The molecule has 3 rings (SSSR count).